The highest BCUT2D eigenvalue weighted by molar-refractivity contribution is 7.78. The van der Waals surface area contributed by atoms with Crippen molar-refractivity contribution in [1.29, 1.82) is 0 Å². The Bertz CT molecular complexity index is 133. The zero-order valence-electron chi connectivity index (χ0n) is 5.00. The van der Waals surface area contributed by atoms with Gasteiger partial charge >= 0.3 is 5.97 Å². The van der Waals surface area contributed by atoms with Crippen LogP contribution in [0.15, 0.2) is 0 Å². The minimum atomic E-state index is -0.0869. The zero-order valence-corrected chi connectivity index (χ0v) is 5.82. The van der Waals surface area contributed by atoms with Crippen LogP contribution in [0.1, 0.15) is 12.8 Å². The van der Waals surface area contributed by atoms with Gasteiger partial charge in [0.05, 0.1) is 12.5 Å². The number of cyclic esters (lactones) is 1. The maximum absolute atomic E-state index is 10.7. The molecule has 0 bridgehead atoms. The average Bonchev–Trinajstić information content (AvgIpc) is 2.18. The van der Waals surface area contributed by atoms with Crippen LogP contribution >= 0.6 is 12.2 Å². The molecule has 0 amide bonds. The zero-order chi connectivity index (χ0) is 6.69. The van der Waals surface area contributed by atoms with Crippen molar-refractivity contribution in [2.45, 2.75) is 12.8 Å². The summed E-state index contributed by atoms with van der Waals surface area (Å²) in [7, 11) is 0. The molecule has 1 heterocycles. The molecule has 1 aliphatic heterocycles. The second-order valence-electron chi connectivity index (χ2n) is 2.06. The van der Waals surface area contributed by atoms with Crippen molar-refractivity contribution in [3.05, 3.63) is 0 Å². The SMILES string of the molecule is O=C1OCCC1CC=S. The van der Waals surface area contributed by atoms with Crippen LogP contribution < -0.4 is 0 Å². The van der Waals surface area contributed by atoms with Crippen LogP contribution in [0.3, 0.4) is 0 Å². The standard InChI is InChI=1S/C6H8O2S/c7-6-5(2-4-9)1-3-8-6/h4-5H,1-3H2. The summed E-state index contributed by atoms with van der Waals surface area (Å²) >= 11 is 4.61. The van der Waals surface area contributed by atoms with Gasteiger partial charge in [0, 0.05) is 0 Å². The molecule has 0 saturated carbocycles. The largest absolute Gasteiger partial charge is 0.465 e. The van der Waals surface area contributed by atoms with E-state index in [0.29, 0.717) is 13.0 Å². The molecule has 1 atom stereocenters. The number of carbonyl (C=O) groups excluding carboxylic acids is 1. The molecule has 1 saturated heterocycles. The van der Waals surface area contributed by atoms with Crippen LogP contribution in [0.2, 0.25) is 0 Å². The van der Waals surface area contributed by atoms with E-state index in [2.05, 4.69) is 12.2 Å². The predicted molar refractivity (Wildman–Crippen MR) is 37.3 cm³/mol. The van der Waals surface area contributed by atoms with Gasteiger partial charge in [0.1, 0.15) is 0 Å². The molecule has 9 heavy (non-hydrogen) atoms. The fourth-order valence-electron chi connectivity index (χ4n) is 0.868. The van der Waals surface area contributed by atoms with Crippen LogP contribution in [-0.4, -0.2) is 17.9 Å². The number of thiocarbonyl (C=S) groups is 1. The summed E-state index contributed by atoms with van der Waals surface area (Å²) in [6.45, 7) is 0.576. The van der Waals surface area contributed by atoms with Gasteiger partial charge in [-0.3, -0.25) is 4.79 Å². The van der Waals surface area contributed by atoms with Gasteiger partial charge in [0.15, 0.2) is 0 Å². The summed E-state index contributed by atoms with van der Waals surface area (Å²) in [6, 6.07) is 0. The van der Waals surface area contributed by atoms with Crippen LogP contribution in [0, 0.1) is 5.92 Å². The summed E-state index contributed by atoms with van der Waals surface area (Å²) in [5.41, 5.74) is 0. The number of hydrogen-bond donors (Lipinski definition) is 0. The molecule has 0 aromatic carbocycles. The van der Waals surface area contributed by atoms with E-state index in [1.165, 1.54) is 0 Å². The van der Waals surface area contributed by atoms with Gasteiger partial charge in [-0.25, -0.2) is 0 Å². The fourth-order valence-corrected chi connectivity index (χ4v) is 1.10. The average molecular weight is 144 g/mol. The summed E-state index contributed by atoms with van der Waals surface area (Å²) < 4.78 is 4.71. The van der Waals surface area contributed by atoms with E-state index in [1.54, 1.807) is 5.37 Å². The van der Waals surface area contributed by atoms with Crippen LogP contribution in [0.25, 0.3) is 0 Å². The number of rotatable bonds is 2. The molecule has 0 aliphatic carbocycles. The Labute approximate surface area is 59.2 Å². The summed E-state index contributed by atoms with van der Waals surface area (Å²) in [5.74, 6) is -0.0291. The third-order valence-corrected chi connectivity index (χ3v) is 1.62. The van der Waals surface area contributed by atoms with E-state index in [0.717, 1.165) is 6.42 Å². The number of hydrogen-bond acceptors (Lipinski definition) is 3. The Morgan fingerprint density at radius 1 is 1.89 bits per heavy atom. The van der Waals surface area contributed by atoms with E-state index in [-0.39, 0.29) is 11.9 Å². The summed E-state index contributed by atoms with van der Waals surface area (Å²) in [4.78, 5) is 10.7. The molecule has 2 nitrogen and oxygen atoms in total. The molecule has 1 rings (SSSR count). The fraction of sp³-hybridized carbons (Fsp3) is 0.667. The lowest BCUT2D eigenvalue weighted by Crippen LogP contribution is -2.06. The molecule has 0 aromatic rings. The molecule has 0 N–H and O–H groups in total. The molecule has 50 valence electrons. The van der Waals surface area contributed by atoms with Crippen LogP contribution in [0.5, 0.6) is 0 Å². The third kappa shape index (κ3) is 1.48. The molecule has 0 spiro atoms. The van der Waals surface area contributed by atoms with Crippen molar-refractivity contribution >= 4 is 23.6 Å². The first-order chi connectivity index (χ1) is 4.34. The molecule has 1 aliphatic rings. The number of ether oxygens (including phenoxy) is 1. The van der Waals surface area contributed by atoms with E-state index in [1.807, 2.05) is 0 Å². The molecular formula is C6H8O2S. The quantitative estimate of drug-likeness (QED) is 0.426. The highest BCUT2D eigenvalue weighted by Crippen LogP contribution is 2.16. The molecule has 0 radical (unpaired) electrons. The highest BCUT2D eigenvalue weighted by Gasteiger charge is 2.24. The first-order valence-electron chi connectivity index (χ1n) is 2.95. The Balaban J connectivity index is 2.39. The topological polar surface area (TPSA) is 26.3 Å². The minimum Gasteiger partial charge on any atom is -0.465 e. The minimum absolute atomic E-state index is 0.0579. The monoisotopic (exact) mass is 144 g/mol. The van der Waals surface area contributed by atoms with Gasteiger partial charge in [-0.1, -0.05) is 12.2 Å². The number of esters is 1. The van der Waals surface area contributed by atoms with Gasteiger partial charge in [-0.2, -0.15) is 0 Å². The first kappa shape index (κ1) is 6.68. The van der Waals surface area contributed by atoms with Crippen LogP contribution in [0.4, 0.5) is 0 Å². The molecule has 1 fully saturated rings. The lowest BCUT2D eigenvalue weighted by atomic mass is 10.1. The highest BCUT2D eigenvalue weighted by atomic mass is 32.1. The Kier molecular flexibility index (Phi) is 2.16. The summed E-state index contributed by atoms with van der Waals surface area (Å²) in [5, 5.41) is 1.59. The Hall–Kier alpha value is -0.440. The second kappa shape index (κ2) is 2.92. The van der Waals surface area contributed by atoms with Crippen molar-refractivity contribution in [3.63, 3.8) is 0 Å². The van der Waals surface area contributed by atoms with Gasteiger partial charge in [-0.05, 0) is 18.2 Å². The molecule has 0 aromatic heterocycles. The van der Waals surface area contributed by atoms with E-state index in [4.69, 9.17) is 4.74 Å². The maximum atomic E-state index is 10.7. The lowest BCUT2D eigenvalue weighted by molar-refractivity contribution is -0.141. The second-order valence-corrected chi connectivity index (χ2v) is 2.39. The molecule has 1 unspecified atom stereocenters. The van der Waals surface area contributed by atoms with Gasteiger partial charge < -0.3 is 4.74 Å². The van der Waals surface area contributed by atoms with Gasteiger partial charge in [-0.15, -0.1) is 0 Å². The first-order valence-corrected chi connectivity index (χ1v) is 3.42. The maximum Gasteiger partial charge on any atom is 0.309 e. The van der Waals surface area contributed by atoms with E-state index >= 15 is 0 Å². The van der Waals surface area contributed by atoms with E-state index < -0.39 is 0 Å². The Morgan fingerprint density at radius 2 is 2.67 bits per heavy atom. The molecule has 3 heteroatoms. The molecular weight excluding hydrogens is 136 g/mol. The summed E-state index contributed by atoms with van der Waals surface area (Å²) in [6.07, 6.45) is 1.53. The number of carbonyl (C=O) groups is 1. The third-order valence-electron chi connectivity index (χ3n) is 1.42. The van der Waals surface area contributed by atoms with Crippen molar-refractivity contribution in [1.82, 2.24) is 0 Å². The van der Waals surface area contributed by atoms with Crippen molar-refractivity contribution < 1.29 is 9.53 Å². The van der Waals surface area contributed by atoms with Crippen molar-refractivity contribution in [3.8, 4) is 0 Å². The smallest absolute Gasteiger partial charge is 0.309 e. The predicted octanol–water partition coefficient (Wildman–Crippen LogP) is 0.939. The van der Waals surface area contributed by atoms with Crippen molar-refractivity contribution in [2.75, 3.05) is 6.61 Å². The Morgan fingerprint density at radius 3 is 3.11 bits per heavy atom. The van der Waals surface area contributed by atoms with Gasteiger partial charge in [0.2, 0.25) is 0 Å². The van der Waals surface area contributed by atoms with E-state index in [9.17, 15) is 4.79 Å². The normalized spacial score (nSPS) is 25.8. The lowest BCUT2D eigenvalue weighted by Gasteiger charge is -1.96. The van der Waals surface area contributed by atoms with Crippen molar-refractivity contribution in [2.24, 2.45) is 5.92 Å². The van der Waals surface area contributed by atoms with Gasteiger partial charge in [0.25, 0.3) is 0 Å². The van der Waals surface area contributed by atoms with Crippen LogP contribution in [-0.2, 0) is 9.53 Å².